The Hall–Kier alpha value is -2.00. The molecule has 48 heavy (non-hydrogen) atoms. The summed E-state index contributed by atoms with van der Waals surface area (Å²) in [7, 11) is 1.59. The third kappa shape index (κ3) is 8.30. The minimum atomic E-state index is -1.64. The van der Waals surface area contributed by atoms with Gasteiger partial charge >= 0.3 is 0 Å². The summed E-state index contributed by atoms with van der Waals surface area (Å²) in [4.78, 5) is 17.5. The number of nitrogens with one attached hydrogen (secondary N) is 2. The largest absolute Gasteiger partial charge is 0.467 e. The molecular formula is C31H56N8O9. The van der Waals surface area contributed by atoms with Crippen molar-refractivity contribution in [2.24, 2.45) is 45.5 Å². The van der Waals surface area contributed by atoms with E-state index in [1.807, 2.05) is 6.08 Å². The molecule has 5 rings (SSSR count). The van der Waals surface area contributed by atoms with Gasteiger partial charge in [-0.1, -0.05) is 0 Å². The lowest BCUT2D eigenvalue weighted by molar-refractivity contribution is -0.308. The molecule has 0 aromatic heterocycles. The molecule has 2 heterocycles. The van der Waals surface area contributed by atoms with Crippen molar-refractivity contribution in [2.75, 3.05) is 26.7 Å². The number of aliphatic imine (C=N–C) groups is 1. The van der Waals surface area contributed by atoms with E-state index < -0.39 is 78.0 Å². The topological polar surface area (TPSA) is 301 Å². The van der Waals surface area contributed by atoms with Crippen LogP contribution in [-0.2, 0) is 23.7 Å². The van der Waals surface area contributed by atoms with Gasteiger partial charge in [0.15, 0.2) is 18.0 Å². The number of likely N-dealkylation sites (N-methyl/N-ethyl adjacent to an activating group) is 1. The van der Waals surface area contributed by atoms with Gasteiger partial charge in [0.25, 0.3) is 0 Å². The van der Waals surface area contributed by atoms with Crippen LogP contribution in [0.25, 0.3) is 0 Å². The van der Waals surface area contributed by atoms with Crippen molar-refractivity contribution in [3.63, 3.8) is 0 Å². The van der Waals surface area contributed by atoms with Gasteiger partial charge in [-0.3, -0.25) is 9.79 Å². The molecular weight excluding hydrogens is 628 g/mol. The molecule has 1 saturated heterocycles. The first-order valence-electron chi connectivity index (χ1n) is 17.0. The first kappa shape index (κ1) is 37.3. The maximum Gasteiger partial charge on any atom is 0.215 e. The SMILES string of the molecule is CN[C@@H]1[C@@H](O)[C@@H](O[C@H]2[C@H](CC(=O)C3(O)CC(N=C(N)N)C3)C[C@H](N)C(O[C@H]3OC(CNCC4CC(N)C4)=CC[C@H]3N)[C@@H]2O)OC[C@]1(C)O. The van der Waals surface area contributed by atoms with Gasteiger partial charge in [-0.2, -0.15) is 0 Å². The van der Waals surface area contributed by atoms with Gasteiger partial charge < -0.3 is 78.7 Å². The number of rotatable bonds is 13. The molecule has 5 aliphatic rings. The maximum atomic E-state index is 13.4. The van der Waals surface area contributed by atoms with Gasteiger partial charge in [0.05, 0.1) is 37.4 Å². The fourth-order valence-electron chi connectivity index (χ4n) is 7.72. The van der Waals surface area contributed by atoms with E-state index >= 15 is 0 Å². The lowest BCUT2D eigenvalue weighted by Gasteiger charge is -2.49. The Balaban J connectivity index is 1.28. The van der Waals surface area contributed by atoms with E-state index in [0.717, 1.165) is 19.4 Å². The number of nitrogens with two attached hydrogens (primary N) is 5. The zero-order chi connectivity index (χ0) is 35.0. The van der Waals surface area contributed by atoms with Crippen LogP contribution in [0.1, 0.15) is 51.9 Å². The lowest BCUT2D eigenvalue weighted by Crippen LogP contribution is -2.67. The number of aliphatic hydroxyl groups is 4. The Morgan fingerprint density at radius 2 is 1.73 bits per heavy atom. The van der Waals surface area contributed by atoms with Crippen LogP contribution >= 0.6 is 0 Å². The Labute approximate surface area is 280 Å². The summed E-state index contributed by atoms with van der Waals surface area (Å²) in [6.07, 6.45) is -2.61. The number of Topliss-reactive ketones (excluding diaryl/α,β-unsaturated/α-hetero) is 1. The van der Waals surface area contributed by atoms with Crippen LogP contribution in [0, 0.1) is 11.8 Å². The molecule has 0 spiro atoms. The summed E-state index contributed by atoms with van der Waals surface area (Å²) in [6, 6.07) is -2.23. The first-order valence-corrected chi connectivity index (χ1v) is 17.0. The van der Waals surface area contributed by atoms with E-state index in [-0.39, 0.29) is 50.3 Å². The molecule has 3 aliphatic carbocycles. The molecule has 0 amide bonds. The first-order chi connectivity index (χ1) is 22.6. The average molecular weight is 685 g/mol. The maximum absolute atomic E-state index is 13.4. The van der Waals surface area contributed by atoms with Gasteiger partial charge in [-0.05, 0) is 64.1 Å². The highest BCUT2D eigenvalue weighted by Gasteiger charge is 2.54. The number of ketones is 1. The highest BCUT2D eigenvalue weighted by atomic mass is 16.7. The molecule has 17 heteroatoms. The van der Waals surface area contributed by atoms with E-state index in [9.17, 15) is 25.2 Å². The molecule has 0 radical (unpaired) electrons. The van der Waals surface area contributed by atoms with Crippen molar-refractivity contribution < 1.29 is 44.2 Å². The smallest absolute Gasteiger partial charge is 0.215 e. The summed E-state index contributed by atoms with van der Waals surface area (Å²) in [5.41, 5.74) is 26.7. The number of carbonyl (C=O) groups excluding carboxylic acids is 1. The monoisotopic (exact) mass is 684 g/mol. The normalized spacial score (nSPS) is 46.0. The Kier molecular flexibility index (Phi) is 11.7. The van der Waals surface area contributed by atoms with Gasteiger partial charge in [-0.15, -0.1) is 0 Å². The predicted molar refractivity (Wildman–Crippen MR) is 174 cm³/mol. The van der Waals surface area contributed by atoms with Crippen molar-refractivity contribution in [2.45, 2.75) is 130 Å². The van der Waals surface area contributed by atoms with Crippen molar-refractivity contribution in [3.05, 3.63) is 11.8 Å². The van der Waals surface area contributed by atoms with E-state index in [1.54, 1.807) is 7.05 Å². The summed E-state index contributed by atoms with van der Waals surface area (Å²) in [6.45, 7) is 2.66. The molecule has 11 atom stereocenters. The van der Waals surface area contributed by atoms with Crippen molar-refractivity contribution in [3.8, 4) is 0 Å². The average Bonchev–Trinajstić information content (AvgIpc) is 2.97. The van der Waals surface area contributed by atoms with Gasteiger partial charge in [0.2, 0.25) is 6.29 Å². The van der Waals surface area contributed by atoms with E-state index in [1.165, 1.54) is 6.92 Å². The molecule has 274 valence electrons. The summed E-state index contributed by atoms with van der Waals surface area (Å²) in [5, 5.41) is 51.0. The number of ether oxygens (including phenoxy) is 4. The zero-order valence-electron chi connectivity index (χ0n) is 27.8. The number of guanidine groups is 1. The number of hydrogen-bond donors (Lipinski definition) is 11. The second-order valence-corrected chi connectivity index (χ2v) is 14.7. The third-order valence-corrected chi connectivity index (χ3v) is 10.5. The van der Waals surface area contributed by atoms with E-state index in [4.69, 9.17) is 47.6 Å². The van der Waals surface area contributed by atoms with Crippen LogP contribution < -0.4 is 39.3 Å². The molecule has 17 nitrogen and oxygen atoms in total. The summed E-state index contributed by atoms with van der Waals surface area (Å²) < 4.78 is 24.4. The number of carbonyl (C=O) groups is 1. The molecule has 3 saturated carbocycles. The quantitative estimate of drug-likeness (QED) is 0.0649. The number of nitrogens with zero attached hydrogens (tertiary/aromatic N) is 1. The summed E-state index contributed by atoms with van der Waals surface area (Å²) >= 11 is 0. The highest BCUT2D eigenvalue weighted by molar-refractivity contribution is 5.89. The Morgan fingerprint density at radius 3 is 2.38 bits per heavy atom. The molecule has 0 aromatic rings. The molecule has 1 unspecified atom stereocenters. The summed E-state index contributed by atoms with van der Waals surface area (Å²) in [5.74, 6) is -0.0832. The molecule has 16 N–H and O–H groups in total. The fraction of sp³-hybridized carbons (Fsp3) is 0.871. The van der Waals surface area contributed by atoms with E-state index in [2.05, 4.69) is 15.6 Å². The number of aliphatic hydroxyl groups excluding tert-OH is 2. The molecule has 0 bridgehead atoms. The molecule has 4 fully saturated rings. The second kappa shape index (κ2) is 15.1. The third-order valence-electron chi connectivity index (χ3n) is 10.5. The highest BCUT2D eigenvalue weighted by Crippen LogP contribution is 2.41. The standard InChI is InChI=1S/C31H56N8O9/c1-30(43)13-45-28(23(42)26(30)37-2)47-24-15(8-21(40)31(44)9-17(10-31)39-29(35)36)7-20(34)25(22(24)41)48-27-19(33)4-3-18(46-27)12-38-11-14-5-16(32)6-14/h3,14-17,19-20,22-28,37-38,41-44H,4-13,32-34H2,1-2H3,(H4,35,36,39)/t14?,15-,16?,17?,19+,20-,22+,23+,24-,25?,26+,27+,28+,30-,31?/m0/s1. The minimum Gasteiger partial charge on any atom is -0.467 e. The Morgan fingerprint density at radius 1 is 1.04 bits per heavy atom. The van der Waals surface area contributed by atoms with Crippen LogP contribution in [0.2, 0.25) is 0 Å². The Bertz CT molecular complexity index is 1180. The van der Waals surface area contributed by atoms with Gasteiger partial charge in [-0.25, -0.2) is 0 Å². The van der Waals surface area contributed by atoms with Crippen LogP contribution in [0.5, 0.6) is 0 Å². The fourth-order valence-corrected chi connectivity index (χ4v) is 7.72. The minimum absolute atomic E-state index is 0.0571. The van der Waals surface area contributed by atoms with Crippen LogP contribution in [-0.4, -0.2) is 137 Å². The van der Waals surface area contributed by atoms with Crippen molar-refractivity contribution >= 4 is 11.7 Å². The lowest BCUT2D eigenvalue weighted by atomic mass is 9.69. The van der Waals surface area contributed by atoms with Gasteiger partial charge in [0, 0.05) is 31.3 Å². The zero-order valence-corrected chi connectivity index (χ0v) is 27.8. The predicted octanol–water partition coefficient (Wildman–Crippen LogP) is -4.07. The van der Waals surface area contributed by atoms with Gasteiger partial charge in [0.1, 0.15) is 35.3 Å². The van der Waals surface area contributed by atoms with E-state index in [0.29, 0.717) is 24.6 Å². The second-order valence-electron chi connectivity index (χ2n) is 14.7. The molecule has 2 aliphatic heterocycles. The van der Waals surface area contributed by atoms with Crippen LogP contribution in [0.4, 0.5) is 0 Å². The van der Waals surface area contributed by atoms with Crippen molar-refractivity contribution in [1.82, 2.24) is 10.6 Å². The number of hydrogen-bond acceptors (Lipinski definition) is 15. The van der Waals surface area contributed by atoms with Crippen LogP contribution in [0.15, 0.2) is 16.8 Å². The van der Waals surface area contributed by atoms with Crippen LogP contribution in [0.3, 0.4) is 0 Å². The molecule has 0 aromatic carbocycles. The van der Waals surface area contributed by atoms with Crippen molar-refractivity contribution in [1.29, 1.82) is 0 Å².